The van der Waals surface area contributed by atoms with Gasteiger partial charge in [0.15, 0.2) is 0 Å². The topological polar surface area (TPSA) is 9.86 Å². The van der Waals surface area contributed by atoms with Crippen molar-refractivity contribution in [3.63, 3.8) is 0 Å². The second-order valence-electron chi connectivity index (χ2n) is 18.6. The van der Waals surface area contributed by atoms with Crippen LogP contribution in [0.3, 0.4) is 0 Å². The first-order valence-electron chi connectivity index (χ1n) is 23.9. The van der Waals surface area contributed by atoms with Crippen molar-refractivity contribution >= 4 is 123 Å². The Balaban J connectivity index is 1.10. The zero-order valence-corrected chi connectivity index (χ0v) is 39.5. The third-order valence-corrected chi connectivity index (χ3v) is 14.9. The molecule has 0 bridgehead atoms. The number of hydrogen-bond acceptors (Lipinski definition) is 0. The van der Waals surface area contributed by atoms with Crippen LogP contribution in [0.2, 0.25) is 0 Å². The van der Waals surface area contributed by atoms with Crippen molar-refractivity contribution in [2.45, 2.75) is 0 Å². The van der Waals surface area contributed by atoms with Crippen LogP contribution in [0, 0.1) is 0 Å². The van der Waals surface area contributed by atoms with Gasteiger partial charge in [0.2, 0.25) is 0 Å². The van der Waals surface area contributed by atoms with Gasteiger partial charge in [-0.3, -0.25) is 0 Å². The number of para-hydroxylation sites is 1. The molecule has 0 aliphatic carbocycles. The third-order valence-electron chi connectivity index (χ3n) is 14.9. The number of rotatable bonds is 7. The quantitative estimate of drug-likeness (QED) is 0.181. The number of fused-ring (bicyclic) bond motifs is 6. The largest absolute Gasteiger partial charge is 0.310 e. The predicted octanol–water partition coefficient (Wildman–Crippen LogP) is 5.77. The van der Waals surface area contributed by atoms with Gasteiger partial charge in [-0.05, 0) is 98.1 Å². The summed E-state index contributed by atoms with van der Waals surface area (Å²) < 4.78 is 5.03. The molecule has 0 aliphatic rings. The number of benzene rings is 10. The Hall–Kier alpha value is -7.81. The van der Waals surface area contributed by atoms with Gasteiger partial charge in [0.25, 0.3) is 0 Å². The smallest absolute Gasteiger partial charge is 0.141 e. The van der Waals surface area contributed by atoms with Crippen molar-refractivity contribution in [2.24, 2.45) is 0 Å². The molecule has 2 aromatic heterocycles. The van der Waals surface area contributed by atoms with E-state index in [-0.39, 0.29) is 0 Å². The van der Waals surface area contributed by atoms with E-state index < -0.39 is 0 Å². The first kappa shape index (κ1) is 41.6. The molecule has 2 heterocycles. The standard InChI is InChI=1S/C60H46B6N2/c61-53-49-45-21-10-11-22-47(45)68(44-20-12-19-41(33-44)37-17-8-3-9-18-37)59(49)57(65)55(63)51(53)52-54(62)50-46-34-42(40-25-23-38(24-26-40)35-13-4-1-5-14-35)29-32-48(46)67(60(50)58(66)56(52)64)43-30-27-39(28-31-43)36-15-6-2-7-16-36/h1-34H,61-66H2. The highest BCUT2D eigenvalue weighted by molar-refractivity contribution is 6.65. The minimum atomic E-state index is 1.16. The average molecular weight is 860 g/mol. The molecule has 0 fully saturated rings. The number of hydrogen-bond donors (Lipinski definition) is 0. The average Bonchev–Trinajstić information content (AvgIpc) is 3.93. The van der Waals surface area contributed by atoms with Gasteiger partial charge < -0.3 is 9.13 Å². The second kappa shape index (κ2) is 16.5. The molecular formula is C60H46B6N2. The van der Waals surface area contributed by atoms with Crippen LogP contribution >= 0.6 is 0 Å². The molecule has 0 radical (unpaired) electrons. The van der Waals surface area contributed by atoms with Crippen LogP contribution < -0.4 is 32.8 Å². The van der Waals surface area contributed by atoms with Gasteiger partial charge in [0, 0.05) is 44.0 Å². The Kier molecular flexibility index (Phi) is 10.1. The summed E-state index contributed by atoms with van der Waals surface area (Å²) in [7, 11) is 14.1. The van der Waals surface area contributed by atoms with Gasteiger partial charge in [-0.2, -0.15) is 0 Å². The highest BCUT2D eigenvalue weighted by Gasteiger charge is 2.26. The van der Waals surface area contributed by atoms with Gasteiger partial charge in [0.05, 0.1) is 11.0 Å². The molecule has 314 valence electrons. The van der Waals surface area contributed by atoms with E-state index in [1.807, 2.05) is 0 Å². The maximum absolute atomic E-state index is 2.52. The molecule has 8 heteroatoms. The zero-order valence-electron chi connectivity index (χ0n) is 39.5. The molecule has 12 rings (SSSR count). The van der Waals surface area contributed by atoms with E-state index in [4.69, 9.17) is 0 Å². The van der Waals surface area contributed by atoms with Crippen LogP contribution in [0.4, 0.5) is 0 Å². The van der Waals surface area contributed by atoms with Crippen molar-refractivity contribution in [1.29, 1.82) is 0 Å². The summed E-state index contributed by atoms with van der Waals surface area (Å²) in [6.45, 7) is 0. The lowest BCUT2D eigenvalue weighted by molar-refractivity contribution is 1.19. The molecule has 0 unspecified atom stereocenters. The van der Waals surface area contributed by atoms with Gasteiger partial charge >= 0.3 is 0 Å². The minimum Gasteiger partial charge on any atom is -0.310 e. The Morgan fingerprint density at radius 2 is 0.632 bits per heavy atom. The summed E-state index contributed by atoms with van der Waals surface area (Å²) in [5.41, 5.74) is 27.6. The summed E-state index contributed by atoms with van der Waals surface area (Å²) >= 11 is 0. The normalized spacial score (nSPS) is 11.6. The fraction of sp³-hybridized carbons (Fsp3) is 0. The summed E-state index contributed by atoms with van der Waals surface area (Å²) in [6, 6.07) is 75.4. The molecule has 68 heavy (non-hydrogen) atoms. The zero-order chi connectivity index (χ0) is 46.2. The van der Waals surface area contributed by atoms with Crippen LogP contribution in [0.1, 0.15) is 0 Å². The molecule has 0 saturated heterocycles. The number of aromatic nitrogens is 2. The van der Waals surface area contributed by atoms with Crippen LogP contribution in [0.25, 0.3) is 111 Å². The summed E-state index contributed by atoms with van der Waals surface area (Å²) in [6.07, 6.45) is 0. The van der Waals surface area contributed by atoms with Crippen molar-refractivity contribution < 1.29 is 0 Å². The van der Waals surface area contributed by atoms with Crippen LogP contribution in [-0.4, -0.2) is 56.2 Å². The highest BCUT2D eigenvalue weighted by atomic mass is 15.0. The van der Waals surface area contributed by atoms with Gasteiger partial charge in [-0.25, -0.2) is 0 Å². The van der Waals surface area contributed by atoms with E-state index in [0.29, 0.717) is 0 Å². The summed E-state index contributed by atoms with van der Waals surface area (Å²) in [5, 5.41) is 5.18. The van der Waals surface area contributed by atoms with E-state index in [1.165, 1.54) is 138 Å². The molecule has 2 nitrogen and oxygen atoms in total. The van der Waals surface area contributed by atoms with Crippen LogP contribution in [-0.2, 0) is 0 Å². The highest BCUT2D eigenvalue weighted by Crippen LogP contribution is 2.37. The Labute approximate surface area is 403 Å². The SMILES string of the molecule is Bc1c(-c2c(B)c(B)c3c(c2B)c2cc(-c4ccc(-c5ccccc5)cc4)ccc2n3-c2ccc(-c3ccccc3)cc2)c(B)c2c3ccccc3n(-c3cccc(-c4ccccc4)c3)c2c1B. The molecule has 0 aliphatic heterocycles. The van der Waals surface area contributed by atoms with Crippen molar-refractivity contribution in [3.05, 3.63) is 206 Å². The maximum atomic E-state index is 2.52. The third kappa shape index (κ3) is 6.57. The molecule has 0 spiro atoms. The summed E-state index contributed by atoms with van der Waals surface area (Å²) in [4.78, 5) is 0. The first-order valence-corrected chi connectivity index (χ1v) is 23.9. The Morgan fingerprint density at radius 1 is 0.250 bits per heavy atom. The summed E-state index contributed by atoms with van der Waals surface area (Å²) in [5.74, 6) is 0. The van der Waals surface area contributed by atoms with Crippen LogP contribution in [0.15, 0.2) is 206 Å². The molecule has 12 aromatic rings. The fourth-order valence-corrected chi connectivity index (χ4v) is 11.4. The molecule has 10 aromatic carbocycles. The Bertz CT molecular complexity index is 3940. The predicted molar refractivity (Wildman–Crippen MR) is 311 cm³/mol. The van der Waals surface area contributed by atoms with Gasteiger partial charge in [0.1, 0.15) is 47.1 Å². The Morgan fingerprint density at radius 3 is 1.19 bits per heavy atom. The molecule has 0 saturated carbocycles. The lowest BCUT2D eigenvalue weighted by atomic mass is 9.63. The maximum Gasteiger partial charge on any atom is 0.141 e. The van der Waals surface area contributed by atoms with Crippen LogP contribution in [0.5, 0.6) is 0 Å². The van der Waals surface area contributed by atoms with Crippen molar-refractivity contribution in [3.8, 4) is 67.0 Å². The minimum absolute atomic E-state index is 1.16. The molecule has 0 atom stereocenters. The fourth-order valence-electron chi connectivity index (χ4n) is 11.4. The van der Waals surface area contributed by atoms with E-state index in [1.54, 1.807) is 0 Å². The van der Waals surface area contributed by atoms with E-state index in [0.717, 1.165) is 5.69 Å². The molecule has 0 N–H and O–H groups in total. The van der Waals surface area contributed by atoms with Crippen molar-refractivity contribution in [2.75, 3.05) is 0 Å². The molecule has 0 amide bonds. The monoisotopic (exact) mass is 860 g/mol. The van der Waals surface area contributed by atoms with E-state index in [2.05, 4.69) is 262 Å². The lowest BCUT2D eigenvalue weighted by Crippen LogP contribution is -2.41. The second-order valence-corrected chi connectivity index (χ2v) is 18.6. The first-order chi connectivity index (χ1) is 33.3. The van der Waals surface area contributed by atoms with Gasteiger partial charge in [-0.15, -0.1) is 0 Å². The lowest BCUT2D eigenvalue weighted by Gasteiger charge is -2.24. The number of nitrogens with zero attached hydrogens (tertiary/aromatic N) is 2. The van der Waals surface area contributed by atoms with E-state index >= 15 is 0 Å². The van der Waals surface area contributed by atoms with E-state index in [9.17, 15) is 0 Å². The van der Waals surface area contributed by atoms with Gasteiger partial charge in [-0.1, -0.05) is 197 Å². The van der Waals surface area contributed by atoms with Crippen molar-refractivity contribution in [1.82, 2.24) is 9.13 Å². The molecular weight excluding hydrogens is 814 g/mol.